The molecule has 0 aliphatic rings. The smallest absolute Gasteiger partial charge is 0.341 e. The number of nitrogens with one attached hydrogen (secondary N) is 2. The van der Waals surface area contributed by atoms with Crippen LogP contribution in [0.3, 0.4) is 0 Å². The van der Waals surface area contributed by atoms with Crippen LogP contribution in [0.15, 0.2) is 53.6 Å². The molecule has 0 radical (unpaired) electrons. The van der Waals surface area contributed by atoms with Gasteiger partial charge in [-0.05, 0) is 74.1 Å². The molecule has 1 heterocycles. The van der Waals surface area contributed by atoms with Gasteiger partial charge in [0.2, 0.25) is 0 Å². The average Bonchev–Trinajstić information content (AvgIpc) is 3.16. The lowest BCUT2D eigenvalue weighted by atomic mass is 9.87. The van der Waals surface area contributed by atoms with E-state index in [1.54, 1.807) is 44.3 Å². The Bertz CT molecular complexity index is 1350. The maximum absolute atomic E-state index is 12.8. The Labute approximate surface area is 233 Å². The van der Waals surface area contributed by atoms with Crippen LogP contribution in [0, 0.1) is 13.8 Å². The van der Waals surface area contributed by atoms with Crippen LogP contribution in [0.1, 0.15) is 76.9 Å². The molecular formula is C30H35N3O5S. The highest BCUT2D eigenvalue weighted by Gasteiger charge is 2.22. The van der Waals surface area contributed by atoms with Crippen molar-refractivity contribution in [2.75, 3.05) is 11.9 Å². The Balaban J connectivity index is 1.56. The number of nitrogens with zero attached hydrogens (tertiary/aromatic N) is 1. The van der Waals surface area contributed by atoms with E-state index in [0.29, 0.717) is 21.9 Å². The topological polar surface area (TPSA) is 106 Å². The third-order valence-corrected chi connectivity index (χ3v) is 7.18. The summed E-state index contributed by atoms with van der Waals surface area (Å²) in [6.45, 7) is 13.8. The van der Waals surface area contributed by atoms with Crippen molar-refractivity contribution in [3.05, 3.63) is 81.2 Å². The fraction of sp³-hybridized carbons (Fsp3) is 0.333. The van der Waals surface area contributed by atoms with Crippen LogP contribution in [0.2, 0.25) is 0 Å². The van der Waals surface area contributed by atoms with Gasteiger partial charge < -0.3 is 14.8 Å². The van der Waals surface area contributed by atoms with Crippen molar-refractivity contribution in [1.29, 1.82) is 0 Å². The second-order valence-electron chi connectivity index (χ2n) is 10.1. The van der Waals surface area contributed by atoms with Crippen LogP contribution in [0.4, 0.5) is 5.00 Å². The number of benzene rings is 2. The molecule has 2 amide bonds. The third-order valence-electron chi connectivity index (χ3n) is 6.06. The van der Waals surface area contributed by atoms with Crippen molar-refractivity contribution in [3.8, 4) is 5.75 Å². The quantitative estimate of drug-likeness (QED) is 0.193. The predicted octanol–water partition coefficient (Wildman–Crippen LogP) is 6.01. The molecule has 2 N–H and O–H groups in total. The molecule has 2 aromatic carbocycles. The Kier molecular flexibility index (Phi) is 9.64. The van der Waals surface area contributed by atoms with E-state index in [4.69, 9.17) is 9.47 Å². The summed E-state index contributed by atoms with van der Waals surface area (Å²) < 4.78 is 10.8. The molecule has 206 valence electrons. The van der Waals surface area contributed by atoms with Gasteiger partial charge in [0.15, 0.2) is 6.10 Å². The maximum Gasteiger partial charge on any atom is 0.341 e. The van der Waals surface area contributed by atoms with Crippen LogP contribution in [-0.2, 0) is 14.9 Å². The fourth-order valence-corrected chi connectivity index (χ4v) is 4.66. The molecule has 39 heavy (non-hydrogen) atoms. The van der Waals surface area contributed by atoms with Crippen molar-refractivity contribution in [2.45, 2.75) is 60.0 Å². The van der Waals surface area contributed by atoms with Gasteiger partial charge in [-0.2, -0.15) is 5.10 Å². The molecule has 0 fully saturated rings. The molecule has 1 unspecified atom stereocenters. The van der Waals surface area contributed by atoms with E-state index in [1.807, 2.05) is 38.1 Å². The van der Waals surface area contributed by atoms with E-state index in [9.17, 15) is 14.4 Å². The van der Waals surface area contributed by atoms with Crippen molar-refractivity contribution in [3.63, 3.8) is 0 Å². The molecule has 3 aromatic rings. The highest BCUT2D eigenvalue weighted by molar-refractivity contribution is 7.16. The number of rotatable bonds is 9. The average molecular weight is 550 g/mol. The first-order valence-electron chi connectivity index (χ1n) is 12.7. The summed E-state index contributed by atoms with van der Waals surface area (Å²) >= 11 is 1.33. The molecule has 1 atom stereocenters. The molecule has 0 aliphatic heterocycles. The standard InChI is InChI=1S/C30H35N3O5S/c1-8-37-29(36)25-18(2)20(4)39-28(25)32-27(35)22-11-15-24(16-12-22)38-19(3)26(34)33-31-17-21-9-13-23(14-10-21)30(5,6)7/h9-17,19H,8H2,1-7H3,(H,32,35)(H,33,34)/b31-17+. The number of ether oxygens (including phenoxy) is 2. The van der Waals surface area contributed by atoms with Crippen molar-refractivity contribution >= 4 is 40.3 Å². The number of anilines is 1. The van der Waals surface area contributed by atoms with Crippen LogP contribution in [0.5, 0.6) is 5.75 Å². The molecule has 8 nitrogen and oxygen atoms in total. The lowest BCUT2D eigenvalue weighted by Crippen LogP contribution is -2.33. The zero-order chi connectivity index (χ0) is 28.7. The van der Waals surface area contributed by atoms with Crippen LogP contribution in [-0.4, -0.2) is 36.7 Å². The van der Waals surface area contributed by atoms with Gasteiger partial charge in [-0.25, -0.2) is 10.2 Å². The Morgan fingerprint density at radius 1 is 1.03 bits per heavy atom. The molecule has 0 saturated heterocycles. The summed E-state index contributed by atoms with van der Waals surface area (Å²) in [5.74, 6) is -0.822. The van der Waals surface area contributed by atoms with E-state index < -0.39 is 18.0 Å². The second-order valence-corrected chi connectivity index (χ2v) is 11.3. The van der Waals surface area contributed by atoms with Gasteiger partial charge in [0.25, 0.3) is 11.8 Å². The number of aryl methyl sites for hydroxylation is 1. The number of hydrogen-bond donors (Lipinski definition) is 2. The molecule has 9 heteroatoms. The summed E-state index contributed by atoms with van der Waals surface area (Å²) in [6.07, 6.45) is 0.767. The van der Waals surface area contributed by atoms with E-state index in [0.717, 1.165) is 16.0 Å². The summed E-state index contributed by atoms with van der Waals surface area (Å²) in [5.41, 5.74) is 6.17. The number of carbonyl (C=O) groups excluding carboxylic acids is 3. The first-order chi connectivity index (χ1) is 18.4. The molecule has 3 rings (SSSR count). The van der Waals surface area contributed by atoms with Crippen molar-refractivity contribution in [2.24, 2.45) is 5.10 Å². The van der Waals surface area contributed by atoms with E-state index >= 15 is 0 Å². The molecular weight excluding hydrogens is 514 g/mol. The van der Waals surface area contributed by atoms with Crippen molar-refractivity contribution < 1.29 is 23.9 Å². The van der Waals surface area contributed by atoms with Gasteiger partial charge >= 0.3 is 5.97 Å². The molecule has 0 bridgehead atoms. The zero-order valence-electron chi connectivity index (χ0n) is 23.4. The molecule has 0 saturated carbocycles. The Morgan fingerprint density at radius 2 is 1.67 bits per heavy atom. The van der Waals surface area contributed by atoms with E-state index in [2.05, 4.69) is 36.6 Å². The van der Waals surface area contributed by atoms with Gasteiger partial charge in [0.1, 0.15) is 10.8 Å². The van der Waals surface area contributed by atoms with Crippen molar-refractivity contribution in [1.82, 2.24) is 5.43 Å². The number of esters is 1. The van der Waals surface area contributed by atoms with E-state index in [-0.39, 0.29) is 17.9 Å². The monoisotopic (exact) mass is 549 g/mol. The Hall–Kier alpha value is -3.98. The largest absolute Gasteiger partial charge is 0.481 e. The zero-order valence-corrected chi connectivity index (χ0v) is 24.2. The minimum absolute atomic E-state index is 0.0641. The Morgan fingerprint density at radius 3 is 2.26 bits per heavy atom. The van der Waals surface area contributed by atoms with Gasteiger partial charge in [0.05, 0.1) is 18.4 Å². The number of hydrazone groups is 1. The fourth-order valence-electron chi connectivity index (χ4n) is 3.61. The number of carbonyl (C=O) groups is 3. The highest BCUT2D eigenvalue weighted by Crippen LogP contribution is 2.33. The minimum atomic E-state index is -0.811. The SMILES string of the molecule is CCOC(=O)c1c(NC(=O)c2ccc(OC(C)C(=O)N/N=C/c3ccc(C(C)(C)C)cc3)cc2)sc(C)c1C. The number of thiophene rings is 1. The first-order valence-corrected chi connectivity index (χ1v) is 13.5. The van der Waals surface area contributed by atoms with Crippen LogP contribution < -0.4 is 15.5 Å². The first kappa shape index (κ1) is 29.6. The summed E-state index contributed by atoms with van der Waals surface area (Å²) in [5, 5.41) is 7.28. The lowest BCUT2D eigenvalue weighted by molar-refractivity contribution is -0.127. The molecule has 0 spiro atoms. The molecule has 0 aliphatic carbocycles. The van der Waals surface area contributed by atoms with Gasteiger partial charge in [-0.3, -0.25) is 9.59 Å². The van der Waals surface area contributed by atoms with Gasteiger partial charge in [-0.15, -0.1) is 11.3 Å². The minimum Gasteiger partial charge on any atom is -0.481 e. The summed E-state index contributed by atoms with van der Waals surface area (Å²) in [4.78, 5) is 38.5. The predicted molar refractivity (Wildman–Crippen MR) is 155 cm³/mol. The normalized spacial score (nSPS) is 12.2. The maximum atomic E-state index is 12.8. The van der Waals surface area contributed by atoms with Crippen LogP contribution >= 0.6 is 11.3 Å². The van der Waals surface area contributed by atoms with E-state index in [1.165, 1.54) is 16.9 Å². The highest BCUT2D eigenvalue weighted by atomic mass is 32.1. The van der Waals surface area contributed by atoms with Gasteiger partial charge in [-0.1, -0.05) is 45.0 Å². The second kappa shape index (κ2) is 12.7. The van der Waals surface area contributed by atoms with Gasteiger partial charge in [0, 0.05) is 10.4 Å². The summed E-state index contributed by atoms with van der Waals surface area (Å²) in [7, 11) is 0. The lowest BCUT2D eigenvalue weighted by Gasteiger charge is -2.18. The van der Waals surface area contributed by atoms with Crippen LogP contribution in [0.25, 0.3) is 0 Å². The third kappa shape index (κ3) is 7.77. The summed E-state index contributed by atoms with van der Waals surface area (Å²) in [6, 6.07) is 14.4. The number of amides is 2. The number of hydrogen-bond acceptors (Lipinski definition) is 7. The molecule has 1 aromatic heterocycles.